The molecule has 0 radical (unpaired) electrons. The van der Waals surface area contributed by atoms with Gasteiger partial charge in [0.15, 0.2) is 5.82 Å². The number of anilines is 1. The van der Waals surface area contributed by atoms with Gasteiger partial charge in [-0.1, -0.05) is 11.6 Å². The van der Waals surface area contributed by atoms with Crippen molar-refractivity contribution < 1.29 is 9.13 Å². The van der Waals surface area contributed by atoms with E-state index in [9.17, 15) is 4.39 Å². The van der Waals surface area contributed by atoms with Crippen LogP contribution in [-0.4, -0.2) is 37.8 Å². The number of nitrogens with zero attached hydrogens (tertiary/aromatic N) is 6. The minimum atomic E-state index is -0.478. The lowest BCUT2D eigenvalue weighted by Crippen LogP contribution is -2.43. The predicted molar refractivity (Wildman–Crippen MR) is 124 cm³/mol. The number of aryl methyl sites for hydroxylation is 1. The maximum absolute atomic E-state index is 13.5. The van der Waals surface area contributed by atoms with Crippen LogP contribution in [-0.2, 0) is 6.42 Å². The second-order valence-electron chi connectivity index (χ2n) is 9.41. The molecule has 1 aromatic carbocycles. The quantitative estimate of drug-likeness (QED) is 0.490. The number of halogens is 2. The van der Waals surface area contributed by atoms with Gasteiger partial charge in [0, 0.05) is 37.3 Å². The molecule has 2 aliphatic rings. The summed E-state index contributed by atoms with van der Waals surface area (Å²) < 4.78 is 21.2. The van der Waals surface area contributed by atoms with Crippen molar-refractivity contribution in [2.45, 2.75) is 46.1 Å². The minimum absolute atomic E-state index is 0.0190. The number of piperidine rings is 1. The highest BCUT2D eigenvalue weighted by molar-refractivity contribution is 6.30. The lowest BCUT2D eigenvalue weighted by molar-refractivity contribution is 0.264. The maximum atomic E-state index is 13.5. The van der Waals surface area contributed by atoms with E-state index < -0.39 is 5.82 Å². The number of hydrogen-bond acceptors (Lipinski definition) is 6. The summed E-state index contributed by atoms with van der Waals surface area (Å²) in [7, 11) is 0. The average Bonchev–Trinajstić information content (AvgIpc) is 3.27. The number of benzene rings is 1. The third kappa shape index (κ3) is 4.53. The highest BCUT2D eigenvalue weighted by Crippen LogP contribution is 2.44. The second kappa shape index (κ2) is 8.89. The van der Waals surface area contributed by atoms with E-state index in [1.165, 1.54) is 25.0 Å². The van der Waals surface area contributed by atoms with Gasteiger partial charge in [-0.2, -0.15) is 10.1 Å². The van der Waals surface area contributed by atoms with E-state index >= 15 is 0 Å². The fourth-order valence-corrected chi connectivity index (χ4v) is 5.34. The molecule has 5 rings (SSSR count). The Morgan fingerprint density at radius 1 is 1.15 bits per heavy atom. The molecule has 1 unspecified atom stereocenters. The Hall–Kier alpha value is -2.74. The summed E-state index contributed by atoms with van der Waals surface area (Å²) in [6.07, 6.45) is 4.92. The van der Waals surface area contributed by atoms with Crippen molar-refractivity contribution in [2.24, 2.45) is 17.8 Å². The lowest BCUT2D eigenvalue weighted by Gasteiger charge is -2.38. The van der Waals surface area contributed by atoms with Crippen LogP contribution in [0.4, 0.5) is 10.2 Å². The zero-order valence-corrected chi connectivity index (χ0v) is 19.8. The number of fused-ring (bicyclic) bond motifs is 2. The molecule has 33 heavy (non-hydrogen) atoms. The van der Waals surface area contributed by atoms with Crippen molar-refractivity contribution >= 4 is 17.4 Å². The molecule has 1 saturated carbocycles. The van der Waals surface area contributed by atoms with Gasteiger partial charge in [0.2, 0.25) is 0 Å². The van der Waals surface area contributed by atoms with Gasteiger partial charge < -0.3 is 9.64 Å². The Morgan fingerprint density at radius 3 is 2.58 bits per heavy atom. The van der Waals surface area contributed by atoms with E-state index in [1.54, 1.807) is 17.1 Å². The molecule has 1 aliphatic carbocycles. The van der Waals surface area contributed by atoms with Crippen LogP contribution in [0.1, 0.15) is 44.2 Å². The molecule has 7 nitrogen and oxygen atoms in total. The van der Waals surface area contributed by atoms with Gasteiger partial charge in [0.05, 0.1) is 11.1 Å². The summed E-state index contributed by atoms with van der Waals surface area (Å²) >= 11 is 5.91. The maximum Gasteiger partial charge on any atom is 0.320 e. The number of hydrogen-bond donors (Lipinski definition) is 0. The van der Waals surface area contributed by atoms with Crippen molar-refractivity contribution in [3.8, 4) is 11.8 Å². The normalized spacial score (nSPS) is 22.2. The molecule has 174 valence electrons. The van der Waals surface area contributed by atoms with E-state index in [-0.39, 0.29) is 11.1 Å². The van der Waals surface area contributed by atoms with Gasteiger partial charge in [0.1, 0.15) is 23.7 Å². The SMILES string of the molecule is Cc1cc(N2C[C@H]3CC[C@@H](C2)C3Cc2nc(Oc3ccc(F)c(Cl)c3)n(C(C)C)n2)ncn1. The summed E-state index contributed by atoms with van der Waals surface area (Å²) in [5.41, 5.74) is 0.993. The monoisotopic (exact) mass is 470 g/mol. The van der Waals surface area contributed by atoms with Gasteiger partial charge in [-0.15, -0.1) is 0 Å². The Labute approximate surface area is 198 Å². The van der Waals surface area contributed by atoms with Crippen molar-refractivity contribution in [3.05, 3.63) is 53.0 Å². The molecule has 3 atom stereocenters. The Kier molecular flexibility index (Phi) is 5.95. The lowest BCUT2D eigenvalue weighted by atomic mass is 9.82. The van der Waals surface area contributed by atoms with Crippen LogP contribution in [0.3, 0.4) is 0 Å². The first kappa shape index (κ1) is 22.1. The van der Waals surface area contributed by atoms with Crippen molar-refractivity contribution in [3.63, 3.8) is 0 Å². The van der Waals surface area contributed by atoms with E-state index in [1.807, 2.05) is 20.8 Å². The Morgan fingerprint density at radius 2 is 1.91 bits per heavy atom. The van der Waals surface area contributed by atoms with Gasteiger partial charge in [-0.25, -0.2) is 19.0 Å². The first-order valence-electron chi connectivity index (χ1n) is 11.5. The smallest absolute Gasteiger partial charge is 0.320 e. The molecule has 3 heterocycles. The molecule has 2 bridgehead atoms. The highest BCUT2D eigenvalue weighted by Gasteiger charge is 2.43. The number of aromatic nitrogens is 5. The van der Waals surface area contributed by atoms with E-state index in [2.05, 4.69) is 20.9 Å². The fraction of sp³-hybridized carbons (Fsp3) is 0.500. The zero-order valence-electron chi connectivity index (χ0n) is 19.1. The van der Waals surface area contributed by atoms with Crippen LogP contribution in [0, 0.1) is 30.5 Å². The van der Waals surface area contributed by atoms with Gasteiger partial charge in [0.25, 0.3) is 0 Å². The minimum Gasteiger partial charge on any atom is -0.424 e. The zero-order chi connectivity index (χ0) is 23.1. The molecular formula is C24H28ClFN6O. The number of ether oxygens (including phenoxy) is 1. The van der Waals surface area contributed by atoms with E-state index in [4.69, 9.17) is 26.4 Å². The molecule has 0 N–H and O–H groups in total. The molecule has 9 heteroatoms. The van der Waals surface area contributed by atoms with Gasteiger partial charge >= 0.3 is 6.01 Å². The molecule has 2 aromatic heterocycles. The Balaban J connectivity index is 1.32. The highest BCUT2D eigenvalue weighted by atomic mass is 35.5. The molecule has 0 spiro atoms. The summed E-state index contributed by atoms with van der Waals surface area (Å²) in [5, 5.41) is 4.78. The van der Waals surface area contributed by atoms with Crippen LogP contribution >= 0.6 is 11.6 Å². The standard InChI is InChI=1S/C24H28ClFN6O/c1-14(2)32-24(33-18-6-7-21(26)20(25)9-18)29-22(30-32)10-19-16-4-5-17(19)12-31(11-16)23-8-15(3)27-13-28-23/h6-9,13-14,16-17,19H,4-5,10-12H2,1-3H3/t16-,17+,19?. The number of rotatable bonds is 6. The van der Waals surface area contributed by atoms with Crippen molar-refractivity contribution in [1.29, 1.82) is 0 Å². The van der Waals surface area contributed by atoms with Crippen LogP contribution in [0.25, 0.3) is 0 Å². The molecule has 2 fully saturated rings. The molecule has 1 saturated heterocycles. The van der Waals surface area contributed by atoms with Gasteiger partial charge in [-0.3, -0.25) is 0 Å². The van der Waals surface area contributed by atoms with Crippen LogP contribution < -0.4 is 9.64 Å². The first-order valence-corrected chi connectivity index (χ1v) is 11.9. The molecular weight excluding hydrogens is 443 g/mol. The van der Waals surface area contributed by atoms with Gasteiger partial charge in [-0.05, 0) is 63.5 Å². The topological polar surface area (TPSA) is 69.0 Å². The molecule has 1 aliphatic heterocycles. The predicted octanol–water partition coefficient (Wildman–Crippen LogP) is 5.25. The Bertz CT molecular complexity index is 1140. The summed E-state index contributed by atoms with van der Waals surface area (Å²) in [5.74, 6) is 3.49. The fourth-order valence-electron chi connectivity index (χ4n) is 5.17. The van der Waals surface area contributed by atoms with Crippen molar-refractivity contribution in [1.82, 2.24) is 24.7 Å². The van der Waals surface area contributed by atoms with E-state index in [0.29, 0.717) is 29.5 Å². The molecule has 0 amide bonds. The van der Waals surface area contributed by atoms with Crippen molar-refractivity contribution in [2.75, 3.05) is 18.0 Å². The summed E-state index contributed by atoms with van der Waals surface area (Å²) in [6, 6.07) is 6.85. The summed E-state index contributed by atoms with van der Waals surface area (Å²) in [4.78, 5) is 15.8. The second-order valence-corrected chi connectivity index (χ2v) is 9.82. The van der Waals surface area contributed by atoms with Crippen LogP contribution in [0.5, 0.6) is 11.8 Å². The average molecular weight is 471 g/mol. The van der Waals surface area contributed by atoms with Crippen LogP contribution in [0.15, 0.2) is 30.6 Å². The third-order valence-electron chi connectivity index (χ3n) is 6.79. The van der Waals surface area contributed by atoms with Crippen LogP contribution in [0.2, 0.25) is 5.02 Å². The molecule has 3 aromatic rings. The third-order valence-corrected chi connectivity index (χ3v) is 7.08. The summed E-state index contributed by atoms with van der Waals surface area (Å²) in [6.45, 7) is 8.08. The largest absolute Gasteiger partial charge is 0.424 e. The first-order chi connectivity index (χ1) is 15.9. The van der Waals surface area contributed by atoms with E-state index in [0.717, 1.165) is 36.8 Å².